The summed E-state index contributed by atoms with van der Waals surface area (Å²) in [5.41, 5.74) is -0.495. The first-order valence-corrected chi connectivity index (χ1v) is 7.27. The Morgan fingerprint density at radius 1 is 1.22 bits per heavy atom. The molecular formula is C14H30N2O2. The second-order valence-corrected chi connectivity index (χ2v) is 6.06. The third kappa shape index (κ3) is 4.50. The molecule has 18 heavy (non-hydrogen) atoms. The van der Waals surface area contributed by atoms with E-state index in [1.54, 1.807) is 0 Å². The van der Waals surface area contributed by atoms with Crippen molar-refractivity contribution in [3.63, 3.8) is 0 Å². The van der Waals surface area contributed by atoms with Crippen molar-refractivity contribution in [1.29, 1.82) is 0 Å². The molecule has 1 aliphatic heterocycles. The summed E-state index contributed by atoms with van der Waals surface area (Å²) in [6, 6.07) is 0.424. The summed E-state index contributed by atoms with van der Waals surface area (Å²) in [5, 5.41) is 22.4. The van der Waals surface area contributed by atoms with Crippen LogP contribution >= 0.6 is 0 Å². The van der Waals surface area contributed by atoms with Crippen LogP contribution in [0, 0.1) is 5.92 Å². The van der Waals surface area contributed by atoms with Crippen molar-refractivity contribution in [2.45, 2.75) is 51.6 Å². The van der Waals surface area contributed by atoms with Crippen molar-refractivity contribution in [2.75, 3.05) is 32.8 Å². The maximum atomic E-state index is 9.45. The fraction of sp³-hybridized carbons (Fsp3) is 1.00. The van der Waals surface area contributed by atoms with Crippen LogP contribution in [0.4, 0.5) is 0 Å². The third-order valence-electron chi connectivity index (χ3n) is 4.00. The van der Waals surface area contributed by atoms with E-state index in [1.165, 1.54) is 6.54 Å². The molecule has 0 bridgehead atoms. The van der Waals surface area contributed by atoms with Crippen LogP contribution in [0.1, 0.15) is 40.0 Å². The SMILES string of the molecule is CCC(CO)(CO)NC1CCN(CC(C)C)CC1. The first kappa shape index (κ1) is 15.9. The monoisotopic (exact) mass is 258 g/mol. The summed E-state index contributed by atoms with van der Waals surface area (Å²) in [6.07, 6.45) is 2.97. The van der Waals surface area contributed by atoms with Crippen LogP contribution < -0.4 is 5.32 Å². The van der Waals surface area contributed by atoms with Crippen LogP contribution in [-0.2, 0) is 0 Å². The highest BCUT2D eigenvalue weighted by Crippen LogP contribution is 2.17. The number of rotatable bonds is 7. The molecule has 0 aromatic rings. The normalized spacial score (nSPS) is 19.7. The van der Waals surface area contributed by atoms with Crippen LogP contribution in [0.15, 0.2) is 0 Å². The maximum absolute atomic E-state index is 9.45. The van der Waals surface area contributed by atoms with Crippen LogP contribution in [0.3, 0.4) is 0 Å². The van der Waals surface area contributed by atoms with Crippen molar-refractivity contribution < 1.29 is 10.2 Å². The zero-order chi connectivity index (χ0) is 13.6. The lowest BCUT2D eigenvalue weighted by molar-refractivity contribution is 0.0642. The maximum Gasteiger partial charge on any atom is 0.0647 e. The Kier molecular flexibility index (Phi) is 6.57. The van der Waals surface area contributed by atoms with E-state index >= 15 is 0 Å². The van der Waals surface area contributed by atoms with E-state index in [1.807, 2.05) is 6.92 Å². The van der Waals surface area contributed by atoms with Crippen molar-refractivity contribution in [1.82, 2.24) is 10.2 Å². The predicted octanol–water partition coefficient (Wildman–Crippen LogP) is 0.830. The molecule has 108 valence electrons. The topological polar surface area (TPSA) is 55.7 Å². The average molecular weight is 258 g/mol. The number of likely N-dealkylation sites (tertiary alicyclic amines) is 1. The average Bonchev–Trinajstić information content (AvgIpc) is 2.38. The van der Waals surface area contributed by atoms with Gasteiger partial charge in [0.1, 0.15) is 0 Å². The van der Waals surface area contributed by atoms with Crippen molar-refractivity contribution in [3.8, 4) is 0 Å². The smallest absolute Gasteiger partial charge is 0.0647 e. The Bertz CT molecular complexity index is 214. The molecule has 0 unspecified atom stereocenters. The van der Waals surface area contributed by atoms with Gasteiger partial charge in [0.05, 0.1) is 18.8 Å². The van der Waals surface area contributed by atoms with Gasteiger partial charge in [-0.25, -0.2) is 0 Å². The van der Waals surface area contributed by atoms with Crippen LogP contribution in [0.2, 0.25) is 0 Å². The minimum absolute atomic E-state index is 0.00616. The van der Waals surface area contributed by atoms with Crippen molar-refractivity contribution in [2.24, 2.45) is 5.92 Å². The number of aliphatic hydroxyl groups is 2. The molecule has 4 heteroatoms. The molecule has 0 amide bonds. The van der Waals surface area contributed by atoms with Gasteiger partial charge in [-0.1, -0.05) is 20.8 Å². The van der Waals surface area contributed by atoms with Crippen LogP contribution in [-0.4, -0.2) is 59.5 Å². The summed E-state index contributed by atoms with van der Waals surface area (Å²) in [6.45, 7) is 9.93. The Hall–Kier alpha value is -0.160. The second kappa shape index (κ2) is 7.43. The van der Waals surface area contributed by atoms with Gasteiger partial charge in [0.2, 0.25) is 0 Å². The molecule has 0 spiro atoms. The second-order valence-electron chi connectivity index (χ2n) is 6.06. The number of aliphatic hydroxyl groups excluding tert-OH is 2. The lowest BCUT2D eigenvalue weighted by Gasteiger charge is -2.39. The first-order valence-electron chi connectivity index (χ1n) is 7.27. The molecule has 0 aromatic heterocycles. The molecule has 1 saturated heterocycles. The minimum atomic E-state index is -0.495. The molecule has 1 heterocycles. The highest BCUT2D eigenvalue weighted by Gasteiger charge is 2.30. The summed E-state index contributed by atoms with van der Waals surface area (Å²) in [7, 11) is 0. The van der Waals surface area contributed by atoms with Crippen LogP contribution in [0.25, 0.3) is 0 Å². The summed E-state index contributed by atoms with van der Waals surface area (Å²) in [5.74, 6) is 0.721. The fourth-order valence-electron chi connectivity index (χ4n) is 2.68. The number of nitrogens with one attached hydrogen (secondary N) is 1. The Morgan fingerprint density at radius 2 is 1.78 bits per heavy atom. The van der Waals surface area contributed by atoms with Crippen molar-refractivity contribution in [3.05, 3.63) is 0 Å². The summed E-state index contributed by atoms with van der Waals surface area (Å²) < 4.78 is 0. The van der Waals surface area contributed by atoms with Gasteiger partial charge >= 0.3 is 0 Å². The van der Waals surface area contributed by atoms with Crippen LogP contribution in [0.5, 0.6) is 0 Å². The molecule has 0 atom stereocenters. The highest BCUT2D eigenvalue weighted by atomic mass is 16.3. The van der Waals surface area contributed by atoms with Gasteiger partial charge in [-0.05, 0) is 38.3 Å². The molecule has 0 radical (unpaired) electrons. The highest BCUT2D eigenvalue weighted by molar-refractivity contribution is 4.90. The van der Waals surface area contributed by atoms with E-state index in [2.05, 4.69) is 24.1 Å². The lowest BCUT2D eigenvalue weighted by atomic mass is 9.94. The van der Waals surface area contributed by atoms with E-state index < -0.39 is 5.54 Å². The molecule has 4 nitrogen and oxygen atoms in total. The zero-order valence-corrected chi connectivity index (χ0v) is 12.2. The number of hydrogen-bond donors (Lipinski definition) is 3. The predicted molar refractivity (Wildman–Crippen MR) is 74.6 cm³/mol. The minimum Gasteiger partial charge on any atom is -0.394 e. The Balaban J connectivity index is 2.38. The molecule has 3 N–H and O–H groups in total. The van der Waals surface area contributed by atoms with Gasteiger partial charge in [-0.15, -0.1) is 0 Å². The first-order chi connectivity index (χ1) is 8.55. The zero-order valence-electron chi connectivity index (χ0n) is 12.2. The molecule has 0 aliphatic carbocycles. The van der Waals surface area contributed by atoms with E-state index in [-0.39, 0.29) is 13.2 Å². The molecule has 1 fully saturated rings. The molecule has 0 aromatic carbocycles. The van der Waals surface area contributed by atoms with Crippen molar-refractivity contribution >= 4 is 0 Å². The number of nitrogens with zero attached hydrogens (tertiary/aromatic N) is 1. The molecule has 0 saturated carbocycles. The third-order valence-corrected chi connectivity index (χ3v) is 4.00. The van der Waals surface area contributed by atoms with E-state index in [4.69, 9.17) is 0 Å². The lowest BCUT2D eigenvalue weighted by Crippen LogP contribution is -2.57. The van der Waals surface area contributed by atoms with Gasteiger partial charge < -0.3 is 20.4 Å². The van der Waals surface area contributed by atoms with Gasteiger partial charge in [0.15, 0.2) is 0 Å². The largest absolute Gasteiger partial charge is 0.394 e. The van der Waals surface area contributed by atoms with E-state index in [0.29, 0.717) is 6.04 Å². The van der Waals surface area contributed by atoms with E-state index in [0.717, 1.165) is 38.3 Å². The van der Waals surface area contributed by atoms with E-state index in [9.17, 15) is 10.2 Å². The Morgan fingerprint density at radius 3 is 2.17 bits per heavy atom. The van der Waals surface area contributed by atoms with Gasteiger partial charge in [-0.2, -0.15) is 0 Å². The fourth-order valence-corrected chi connectivity index (χ4v) is 2.68. The summed E-state index contributed by atoms with van der Waals surface area (Å²) >= 11 is 0. The van der Waals surface area contributed by atoms with Gasteiger partial charge in [0, 0.05) is 12.6 Å². The quantitative estimate of drug-likeness (QED) is 0.633. The number of hydrogen-bond acceptors (Lipinski definition) is 4. The standard InChI is InChI=1S/C14H30N2O2/c1-4-14(10-17,11-18)15-13-5-7-16(8-6-13)9-12(2)3/h12-13,15,17-18H,4-11H2,1-3H3. The molecule has 1 rings (SSSR count). The number of piperidine rings is 1. The Labute approximate surface area is 111 Å². The van der Waals surface area contributed by atoms with Gasteiger partial charge in [0.25, 0.3) is 0 Å². The molecular weight excluding hydrogens is 228 g/mol. The van der Waals surface area contributed by atoms with Gasteiger partial charge in [-0.3, -0.25) is 0 Å². The summed E-state index contributed by atoms with van der Waals surface area (Å²) in [4.78, 5) is 2.51. The molecule has 1 aliphatic rings.